The smallest absolute Gasteiger partial charge is 0.179 e. The van der Waals surface area contributed by atoms with E-state index in [1.165, 1.54) is 12.1 Å². The summed E-state index contributed by atoms with van der Waals surface area (Å²) in [6.07, 6.45) is 0.788. The molecule has 1 heterocycles. The first-order valence-electron chi connectivity index (χ1n) is 6.47. The molecule has 1 N–H and O–H groups in total. The topological polar surface area (TPSA) is 32.3 Å². The van der Waals surface area contributed by atoms with E-state index < -0.39 is 0 Å². The van der Waals surface area contributed by atoms with Crippen LogP contribution in [-0.2, 0) is 0 Å². The van der Waals surface area contributed by atoms with Crippen LogP contribution in [0.15, 0.2) is 24.3 Å². The maximum Gasteiger partial charge on any atom is 0.179 e. The van der Waals surface area contributed by atoms with E-state index in [2.05, 4.69) is 10.2 Å². The molecule has 1 aliphatic heterocycles. The van der Waals surface area contributed by atoms with Gasteiger partial charge in [0.2, 0.25) is 0 Å². The summed E-state index contributed by atoms with van der Waals surface area (Å²) >= 11 is 0. The zero-order valence-electron chi connectivity index (χ0n) is 10.7. The van der Waals surface area contributed by atoms with Crippen molar-refractivity contribution in [2.45, 2.75) is 19.4 Å². The van der Waals surface area contributed by atoms with Crippen LogP contribution in [0.2, 0.25) is 0 Å². The van der Waals surface area contributed by atoms with Gasteiger partial charge in [-0.2, -0.15) is 0 Å². The fraction of sp³-hybridized carbons (Fsp3) is 0.500. The second-order valence-corrected chi connectivity index (χ2v) is 4.58. The molecule has 1 aromatic carbocycles. The minimum atomic E-state index is -0.304. The Balaban J connectivity index is 2.11. The highest BCUT2D eigenvalue weighted by molar-refractivity contribution is 6.00. The number of hydrogen-bond donors (Lipinski definition) is 1. The van der Waals surface area contributed by atoms with Crippen molar-refractivity contribution in [1.82, 2.24) is 10.2 Å². The number of piperazine rings is 1. The van der Waals surface area contributed by atoms with Gasteiger partial charge in [-0.15, -0.1) is 0 Å². The third kappa shape index (κ3) is 2.94. The van der Waals surface area contributed by atoms with Crippen molar-refractivity contribution in [2.24, 2.45) is 0 Å². The largest absolute Gasteiger partial charge is 0.314 e. The summed E-state index contributed by atoms with van der Waals surface area (Å²) in [5.41, 5.74) is 0.599. The Morgan fingerprint density at radius 2 is 1.94 bits per heavy atom. The average molecular weight is 250 g/mol. The number of benzene rings is 1. The lowest BCUT2D eigenvalue weighted by molar-refractivity contribution is 0.0790. The molecule has 0 radical (unpaired) electrons. The Kier molecular flexibility index (Phi) is 4.44. The van der Waals surface area contributed by atoms with E-state index in [1.807, 2.05) is 6.92 Å². The number of rotatable bonds is 4. The standard InChI is InChI=1S/C14H19FN2O/c1-2-13(17-9-7-16-8-10-17)14(18)11-3-5-12(15)6-4-11/h3-6,13,16H,2,7-10H2,1H3. The molecule has 1 atom stereocenters. The second-order valence-electron chi connectivity index (χ2n) is 4.58. The van der Waals surface area contributed by atoms with Gasteiger partial charge in [-0.3, -0.25) is 9.69 Å². The minimum Gasteiger partial charge on any atom is -0.314 e. The van der Waals surface area contributed by atoms with Crippen molar-refractivity contribution in [2.75, 3.05) is 26.2 Å². The summed E-state index contributed by atoms with van der Waals surface area (Å²) in [7, 11) is 0. The van der Waals surface area contributed by atoms with E-state index in [9.17, 15) is 9.18 Å². The summed E-state index contributed by atoms with van der Waals surface area (Å²) in [5, 5.41) is 3.28. The van der Waals surface area contributed by atoms with Crippen molar-refractivity contribution in [1.29, 1.82) is 0 Å². The number of nitrogens with zero attached hydrogens (tertiary/aromatic N) is 1. The number of Topliss-reactive ketones (excluding diaryl/α,β-unsaturated/α-hetero) is 1. The molecule has 1 unspecified atom stereocenters. The molecule has 3 nitrogen and oxygen atoms in total. The van der Waals surface area contributed by atoms with Crippen LogP contribution in [-0.4, -0.2) is 42.9 Å². The Hall–Kier alpha value is -1.26. The summed E-state index contributed by atoms with van der Waals surface area (Å²) < 4.78 is 12.9. The highest BCUT2D eigenvalue weighted by atomic mass is 19.1. The monoisotopic (exact) mass is 250 g/mol. The third-order valence-corrected chi connectivity index (χ3v) is 3.41. The SMILES string of the molecule is CCC(C(=O)c1ccc(F)cc1)N1CCNCC1. The number of halogens is 1. The third-order valence-electron chi connectivity index (χ3n) is 3.41. The van der Waals surface area contributed by atoms with Gasteiger partial charge in [-0.1, -0.05) is 6.92 Å². The Morgan fingerprint density at radius 1 is 1.33 bits per heavy atom. The molecule has 0 saturated carbocycles. The van der Waals surface area contributed by atoms with Crippen LogP contribution in [0.5, 0.6) is 0 Å². The van der Waals surface area contributed by atoms with Gasteiger partial charge in [0, 0.05) is 31.7 Å². The van der Waals surface area contributed by atoms with Crippen LogP contribution < -0.4 is 5.32 Å². The van der Waals surface area contributed by atoms with Gasteiger partial charge in [0.1, 0.15) is 5.82 Å². The first-order chi connectivity index (χ1) is 8.72. The molecule has 1 saturated heterocycles. The quantitative estimate of drug-likeness (QED) is 0.825. The highest BCUT2D eigenvalue weighted by Crippen LogP contribution is 2.13. The molecule has 4 heteroatoms. The number of ketones is 1. The van der Waals surface area contributed by atoms with E-state index in [-0.39, 0.29) is 17.6 Å². The number of hydrogen-bond acceptors (Lipinski definition) is 3. The summed E-state index contributed by atoms with van der Waals surface area (Å²) in [4.78, 5) is 14.6. The molecule has 1 fully saturated rings. The van der Waals surface area contributed by atoms with Gasteiger partial charge in [-0.05, 0) is 30.7 Å². The molecule has 0 aliphatic carbocycles. The normalized spacial score (nSPS) is 18.6. The van der Waals surface area contributed by atoms with Gasteiger partial charge < -0.3 is 5.32 Å². The van der Waals surface area contributed by atoms with Crippen LogP contribution in [0.1, 0.15) is 23.7 Å². The van der Waals surface area contributed by atoms with E-state index in [0.717, 1.165) is 32.6 Å². The first kappa shape index (κ1) is 13.2. The van der Waals surface area contributed by atoms with Crippen molar-refractivity contribution >= 4 is 5.78 Å². The van der Waals surface area contributed by atoms with Gasteiger partial charge >= 0.3 is 0 Å². The molecular formula is C14H19FN2O. The van der Waals surface area contributed by atoms with Crippen molar-refractivity contribution in [3.63, 3.8) is 0 Å². The highest BCUT2D eigenvalue weighted by Gasteiger charge is 2.26. The van der Waals surface area contributed by atoms with Crippen LogP contribution in [0.25, 0.3) is 0 Å². The van der Waals surface area contributed by atoms with E-state index in [0.29, 0.717) is 5.56 Å². The molecule has 1 aliphatic rings. The molecule has 18 heavy (non-hydrogen) atoms. The lowest BCUT2D eigenvalue weighted by atomic mass is 10.00. The Bertz CT molecular complexity index is 399. The van der Waals surface area contributed by atoms with E-state index in [4.69, 9.17) is 0 Å². The number of nitrogens with one attached hydrogen (secondary N) is 1. The molecule has 0 spiro atoms. The zero-order chi connectivity index (χ0) is 13.0. The molecule has 0 aromatic heterocycles. The molecule has 0 bridgehead atoms. The maximum atomic E-state index is 12.9. The lowest BCUT2D eigenvalue weighted by Crippen LogP contribution is -2.51. The summed E-state index contributed by atoms with van der Waals surface area (Å²) in [6.45, 7) is 5.66. The molecule has 1 aromatic rings. The summed E-state index contributed by atoms with van der Waals surface area (Å²) in [5.74, 6) is -0.207. The minimum absolute atomic E-state index is 0.0856. The van der Waals surface area contributed by atoms with E-state index >= 15 is 0 Å². The molecule has 2 rings (SSSR count). The lowest BCUT2D eigenvalue weighted by Gasteiger charge is -2.33. The van der Waals surface area contributed by atoms with Crippen molar-refractivity contribution in [3.8, 4) is 0 Å². The van der Waals surface area contributed by atoms with Gasteiger partial charge in [0.15, 0.2) is 5.78 Å². The van der Waals surface area contributed by atoms with Crippen LogP contribution in [0.4, 0.5) is 4.39 Å². The average Bonchev–Trinajstić information content (AvgIpc) is 2.41. The number of carbonyl (C=O) groups is 1. The Morgan fingerprint density at radius 3 is 2.50 bits per heavy atom. The number of carbonyl (C=O) groups excluding carboxylic acids is 1. The van der Waals surface area contributed by atoms with Gasteiger partial charge in [0.25, 0.3) is 0 Å². The molecule has 98 valence electrons. The van der Waals surface area contributed by atoms with Gasteiger partial charge in [0.05, 0.1) is 6.04 Å². The predicted molar refractivity (Wildman–Crippen MR) is 69.3 cm³/mol. The summed E-state index contributed by atoms with van der Waals surface area (Å²) in [6, 6.07) is 5.75. The fourth-order valence-electron chi connectivity index (χ4n) is 2.41. The van der Waals surface area contributed by atoms with E-state index in [1.54, 1.807) is 12.1 Å². The maximum absolute atomic E-state index is 12.9. The van der Waals surface area contributed by atoms with Crippen LogP contribution in [0.3, 0.4) is 0 Å². The van der Waals surface area contributed by atoms with Crippen molar-refractivity contribution < 1.29 is 9.18 Å². The molecule has 0 amide bonds. The first-order valence-corrected chi connectivity index (χ1v) is 6.47. The van der Waals surface area contributed by atoms with Crippen LogP contribution in [0, 0.1) is 5.82 Å². The fourth-order valence-corrected chi connectivity index (χ4v) is 2.41. The van der Waals surface area contributed by atoms with Gasteiger partial charge in [-0.25, -0.2) is 4.39 Å². The second kappa shape index (κ2) is 6.07. The Labute approximate surface area is 107 Å². The zero-order valence-corrected chi connectivity index (χ0v) is 10.7. The molecular weight excluding hydrogens is 231 g/mol. The van der Waals surface area contributed by atoms with Crippen molar-refractivity contribution in [3.05, 3.63) is 35.6 Å². The van der Waals surface area contributed by atoms with Crippen LogP contribution >= 0.6 is 0 Å². The predicted octanol–water partition coefficient (Wildman–Crippen LogP) is 1.69.